The summed E-state index contributed by atoms with van der Waals surface area (Å²) < 4.78 is 0. The Morgan fingerprint density at radius 1 is 1.47 bits per heavy atom. The van der Waals surface area contributed by atoms with Gasteiger partial charge in [0.2, 0.25) is 5.91 Å². The van der Waals surface area contributed by atoms with Crippen LogP contribution < -0.4 is 11.1 Å². The number of hydrogen-bond donors (Lipinski definition) is 2. The summed E-state index contributed by atoms with van der Waals surface area (Å²) in [4.78, 5) is 11.7. The standard InChI is InChI=1S/C14H28N2O/c1-11-4-3-5-13(10-11)7-9-16-14(17)12(2)6-8-15/h11-13H,3-10,15H2,1-2H3,(H,16,17). The van der Waals surface area contributed by atoms with Crippen molar-refractivity contribution in [3.63, 3.8) is 0 Å². The fourth-order valence-electron chi connectivity index (χ4n) is 2.78. The van der Waals surface area contributed by atoms with E-state index in [9.17, 15) is 4.79 Å². The van der Waals surface area contributed by atoms with Gasteiger partial charge >= 0.3 is 0 Å². The quantitative estimate of drug-likeness (QED) is 0.748. The second kappa shape index (κ2) is 7.70. The molecule has 0 saturated heterocycles. The lowest BCUT2D eigenvalue weighted by Crippen LogP contribution is -2.32. The van der Waals surface area contributed by atoms with Crippen LogP contribution >= 0.6 is 0 Å². The van der Waals surface area contributed by atoms with Crippen molar-refractivity contribution in [1.82, 2.24) is 5.32 Å². The van der Waals surface area contributed by atoms with E-state index < -0.39 is 0 Å². The lowest BCUT2D eigenvalue weighted by Gasteiger charge is -2.26. The van der Waals surface area contributed by atoms with E-state index in [2.05, 4.69) is 12.2 Å². The first-order valence-corrected chi connectivity index (χ1v) is 7.11. The smallest absolute Gasteiger partial charge is 0.222 e. The van der Waals surface area contributed by atoms with E-state index in [0.717, 1.165) is 31.2 Å². The third kappa shape index (κ3) is 5.53. The molecule has 0 heterocycles. The minimum absolute atomic E-state index is 0.0604. The fraction of sp³-hybridized carbons (Fsp3) is 0.929. The van der Waals surface area contributed by atoms with Gasteiger partial charge in [0.1, 0.15) is 0 Å². The van der Waals surface area contributed by atoms with Crippen molar-refractivity contribution in [3.8, 4) is 0 Å². The van der Waals surface area contributed by atoms with Crippen LogP contribution in [0.25, 0.3) is 0 Å². The largest absolute Gasteiger partial charge is 0.356 e. The van der Waals surface area contributed by atoms with Gasteiger partial charge in [-0.05, 0) is 37.6 Å². The molecule has 0 aromatic heterocycles. The Hall–Kier alpha value is -0.570. The first-order chi connectivity index (χ1) is 8.13. The summed E-state index contributed by atoms with van der Waals surface area (Å²) in [5.41, 5.74) is 5.45. The van der Waals surface area contributed by atoms with Crippen molar-refractivity contribution < 1.29 is 4.79 Å². The normalized spacial score (nSPS) is 26.5. The van der Waals surface area contributed by atoms with Crippen molar-refractivity contribution in [2.45, 2.75) is 52.4 Å². The Kier molecular flexibility index (Phi) is 6.56. The Morgan fingerprint density at radius 3 is 2.88 bits per heavy atom. The molecule has 0 aliphatic heterocycles. The van der Waals surface area contributed by atoms with E-state index >= 15 is 0 Å². The van der Waals surface area contributed by atoms with Crippen molar-refractivity contribution in [1.29, 1.82) is 0 Å². The molecule has 0 aromatic rings. The third-order valence-electron chi connectivity index (χ3n) is 3.94. The second-order valence-corrected chi connectivity index (χ2v) is 5.70. The van der Waals surface area contributed by atoms with Gasteiger partial charge in [0.25, 0.3) is 0 Å². The van der Waals surface area contributed by atoms with Gasteiger partial charge in [-0.15, -0.1) is 0 Å². The zero-order valence-corrected chi connectivity index (χ0v) is 11.4. The number of carbonyl (C=O) groups is 1. The summed E-state index contributed by atoms with van der Waals surface area (Å²) in [5, 5.41) is 3.03. The summed E-state index contributed by atoms with van der Waals surface area (Å²) in [5.74, 6) is 1.93. The van der Waals surface area contributed by atoms with E-state index in [1.54, 1.807) is 0 Å². The summed E-state index contributed by atoms with van der Waals surface area (Å²) in [6.45, 7) is 5.72. The molecular formula is C14H28N2O. The number of carbonyl (C=O) groups excluding carboxylic acids is 1. The second-order valence-electron chi connectivity index (χ2n) is 5.70. The molecule has 17 heavy (non-hydrogen) atoms. The van der Waals surface area contributed by atoms with Gasteiger partial charge in [-0.25, -0.2) is 0 Å². The van der Waals surface area contributed by atoms with Crippen LogP contribution in [0, 0.1) is 17.8 Å². The number of hydrogen-bond acceptors (Lipinski definition) is 2. The van der Waals surface area contributed by atoms with Crippen molar-refractivity contribution in [2.24, 2.45) is 23.5 Å². The van der Waals surface area contributed by atoms with Gasteiger partial charge in [0.05, 0.1) is 0 Å². The number of nitrogens with two attached hydrogens (primary N) is 1. The Labute approximate surface area is 106 Å². The highest BCUT2D eigenvalue weighted by Gasteiger charge is 2.19. The summed E-state index contributed by atoms with van der Waals surface area (Å²) in [6.07, 6.45) is 7.37. The zero-order valence-electron chi connectivity index (χ0n) is 11.4. The molecule has 1 aliphatic carbocycles. The van der Waals surface area contributed by atoms with Crippen LogP contribution in [0.3, 0.4) is 0 Å². The first kappa shape index (κ1) is 14.5. The number of amides is 1. The maximum atomic E-state index is 11.7. The van der Waals surface area contributed by atoms with Gasteiger partial charge in [-0.3, -0.25) is 4.79 Å². The molecule has 100 valence electrons. The van der Waals surface area contributed by atoms with E-state index in [4.69, 9.17) is 5.73 Å². The predicted octanol–water partition coefficient (Wildman–Crippen LogP) is 2.30. The highest BCUT2D eigenvalue weighted by Crippen LogP contribution is 2.30. The average molecular weight is 240 g/mol. The molecule has 0 radical (unpaired) electrons. The van der Waals surface area contributed by atoms with Crippen LogP contribution in [0.2, 0.25) is 0 Å². The first-order valence-electron chi connectivity index (χ1n) is 7.11. The lowest BCUT2D eigenvalue weighted by molar-refractivity contribution is -0.124. The fourth-order valence-corrected chi connectivity index (χ4v) is 2.78. The van der Waals surface area contributed by atoms with Crippen LogP contribution in [-0.4, -0.2) is 19.0 Å². The molecule has 1 fully saturated rings. The molecular weight excluding hydrogens is 212 g/mol. The predicted molar refractivity (Wildman–Crippen MR) is 71.6 cm³/mol. The van der Waals surface area contributed by atoms with Crippen molar-refractivity contribution in [2.75, 3.05) is 13.1 Å². The van der Waals surface area contributed by atoms with Crippen molar-refractivity contribution >= 4 is 5.91 Å². The van der Waals surface area contributed by atoms with Gasteiger partial charge in [0.15, 0.2) is 0 Å². The third-order valence-corrected chi connectivity index (χ3v) is 3.94. The van der Waals surface area contributed by atoms with Crippen LogP contribution in [0.1, 0.15) is 52.4 Å². The van der Waals surface area contributed by atoms with Gasteiger partial charge in [-0.2, -0.15) is 0 Å². The zero-order chi connectivity index (χ0) is 12.7. The van der Waals surface area contributed by atoms with Gasteiger partial charge in [0, 0.05) is 12.5 Å². The number of rotatable bonds is 6. The van der Waals surface area contributed by atoms with E-state index in [1.807, 2.05) is 6.92 Å². The highest BCUT2D eigenvalue weighted by molar-refractivity contribution is 5.78. The maximum Gasteiger partial charge on any atom is 0.222 e. The molecule has 3 nitrogen and oxygen atoms in total. The molecule has 3 atom stereocenters. The van der Waals surface area contributed by atoms with Crippen LogP contribution in [0.4, 0.5) is 0 Å². The van der Waals surface area contributed by atoms with Crippen molar-refractivity contribution in [3.05, 3.63) is 0 Å². The average Bonchev–Trinajstić information content (AvgIpc) is 2.29. The van der Waals surface area contributed by atoms with Crippen LogP contribution in [0.5, 0.6) is 0 Å². The molecule has 0 bridgehead atoms. The SMILES string of the molecule is CC1CCCC(CCNC(=O)C(C)CCN)C1. The summed E-state index contributed by atoms with van der Waals surface area (Å²) in [6, 6.07) is 0. The van der Waals surface area contributed by atoms with Gasteiger partial charge < -0.3 is 11.1 Å². The molecule has 0 aromatic carbocycles. The molecule has 3 heteroatoms. The molecule has 1 rings (SSSR count). The van der Waals surface area contributed by atoms with E-state index in [0.29, 0.717) is 6.54 Å². The lowest BCUT2D eigenvalue weighted by atomic mass is 9.81. The topological polar surface area (TPSA) is 55.1 Å². The molecule has 1 amide bonds. The van der Waals surface area contributed by atoms with E-state index in [1.165, 1.54) is 25.7 Å². The molecule has 3 N–H and O–H groups in total. The van der Waals surface area contributed by atoms with E-state index in [-0.39, 0.29) is 11.8 Å². The molecule has 1 aliphatic rings. The monoisotopic (exact) mass is 240 g/mol. The Morgan fingerprint density at radius 2 is 2.24 bits per heavy atom. The Balaban J connectivity index is 2.12. The van der Waals surface area contributed by atoms with Gasteiger partial charge in [-0.1, -0.05) is 33.1 Å². The summed E-state index contributed by atoms with van der Waals surface area (Å²) >= 11 is 0. The minimum atomic E-state index is 0.0604. The Bertz CT molecular complexity index is 230. The molecule has 1 saturated carbocycles. The van der Waals surface area contributed by atoms with Crippen LogP contribution in [0.15, 0.2) is 0 Å². The highest BCUT2D eigenvalue weighted by atomic mass is 16.1. The minimum Gasteiger partial charge on any atom is -0.356 e. The van der Waals surface area contributed by atoms with Crippen LogP contribution in [-0.2, 0) is 4.79 Å². The summed E-state index contributed by atoms with van der Waals surface area (Å²) in [7, 11) is 0. The maximum absolute atomic E-state index is 11.7. The molecule has 0 spiro atoms. The molecule has 3 unspecified atom stereocenters. The number of nitrogens with one attached hydrogen (secondary N) is 1.